The number of aliphatic hydroxyl groups excluding tert-OH is 1. The molecule has 224 valence electrons. The van der Waals surface area contributed by atoms with Gasteiger partial charge in [0.25, 0.3) is 0 Å². The van der Waals surface area contributed by atoms with Gasteiger partial charge in [-0.25, -0.2) is 0 Å². The summed E-state index contributed by atoms with van der Waals surface area (Å²) in [6.45, 7) is 5.81. The van der Waals surface area contributed by atoms with Crippen LogP contribution in [0.3, 0.4) is 0 Å². The minimum absolute atomic E-state index is 0.0251. The standard InChI is InChI=1S/C29H45N3O8/c1-4-5-10-31(11-6-9-30(2)3)25(34)17-32-16-22(20-14-21(18-33)28-24(15-20)39-19-40-28)27(29(35)36)23(32)7-8-26-37-12-13-38-26/h14-15,22-23,26-27,33H,4-13,16-19H2,1-3H3,(H,35,36)/t22-,23+,27-/m1/s1. The summed E-state index contributed by atoms with van der Waals surface area (Å²) in [7, 11) is 4.05. The summed E-state index contributed by atoms with van der Waals surface area (Å²) < 4.78 is 22.4. The van der Waals surface area contributed by atoms with Crippen LogP contribution in [0, 0.1) is 5.92 Å². The zero-order chi connectivity index (χ0) is 28.6. The van der Waals surface area contributed by atoms with Gasteiger partial charge in [0.1, 0.15) is 0 Å². The Balaban J connectivity index is 1.58. The Bertz CT molecular complexity index is 1000. The van der Waals surface area contributed by atoms with Crippen molar-refractivity contribution < 1.29 is 38.7 Å². The fourth-order valence-corrected chi connectivity index (χ4v) is 6.07. The van der Waals surface area contributed by atoms with Crippen LogP contribution < -0.4 is 9.47 Å². The second-order valence-corrected chi connectivity index (χ2v) is 11.2. The van der Waals surface area contributed by atoms with Crippen LogP contribution in [0.1, 0.15) is 56.1 Å². The Morgan fingerprint density at radius 1 is 1.05 bits per heavy atom. The molecular weight excluding hydrogens is 518 g/mol. The third kappa shape index (κ3) is 7.44. The van der Waals surface area contributed by atoms with Crippen LogP contribution in [0.4, 0.5) is 0 Å². The molecule has 11 heteroatoms. The number of likely N-dealkylation sites (tertiary alicyclic amines) is 1. The van der Waals surface area contributed by atoms with E-state index < -0.39 is 17.8 Å². The molecule has 1 aromatic carbocycles. The zero-order valence-corrected chi connectivity index (χ0v) is 24.0. The molecule has 2 fully saturated rings. The average Bonchev–Trinajstić information content (AvgIpc) is 3.68. The van der Waals surface area contributed by atoms with Gasteiger partial charge in [-0.3, -0.25) is 14.5 Å². The number of hydrogen-bond acceptors (Lipinski definition) is 9. The molecule has 3 heterocycles. The van der Waals surface area contributed by atoms with Crippen molar-refractivity contribution in [3.8, 4) is 11.5 Å². The van der Waals surface area contributed by atoms with E-state index in [0.717, 1.165) is 31.4 Å². The number of amides is 1. The minimum Gasteiger partial charge on any atom is -0.481 e. The molecule has 0 saturated carbocycles. The molecular formula is C29H45N3O8. The Morgan fingerprint density at radius 2 is 1.80 bits per heavy atom. The number of hydrogen-bond donors (Lipinski definition) is 2. The number of carboxylic acid groups (broad SMARTS) is 1. The van der Waals surface area contributed by atoms with E-state index in [1.807, 2.05) is 36.0 Å². The van der Waals surface area contributed by atoms with Gasteiger partial charge in [-0.1, -0.05) is 13.3 Å². The number of carbonyl (C=O) groups is 2. The van der Waals surface area contributed by atoms with Gasteiger partial charge in [-0.05, 0) is 64.0 Å². The first-order valence-corrected chi connectivity index (χ1v) is 14.5. The maximum Gasteiger partial charge on any atom is 0.308 e. The van der Waals surface area contributed by atoms with Gasteiger partial charge in [0.15, 0.2) is 17.8 Å². The Kier molecular flexibility index (Phi) is 11.0. The van der Waals surface area contributed by atoms with Crippen LogP contribution in [-0.2, 0) is 25.7 Å². The Labute approximate surface area is 236 Å². The number of aliphatic carboxylic acids is 1. The lowest BCUT2D eigenvalue weighted by Crippen LogP contribution is -2.45. The summed E-state index contributed by atoms with van der Waals surface area (Å²) in [4.78, 5) is 32.5. The molecule has 0 unspecified atom stereocenters. The van der Waals surface area contributed by atoms with E-state index >= 15 is 0 Å². The van der Waals surface area contributed by atoms with Crippen molar-refractivity contribution in [2.24, 2.45) is 5.92 Å². The number of unbranched alkanes of at least 4 members (excludes halogenated alkanes) is 1. The highest BCUT2D eigenvalue weighted by atomic mass is 16.7. The van der Waals surface area contributed by atoms with E-state index in [0.29, 0.717) is 62.8 Å². The number of fused-ring (bicyclic) bond motifs is 1. The maximum absolute atomic E-state index is 13.7. The summed E-state index contributed by atoms with van der Waals surface area (Å²) in [6.07, 6.45) is 3.52. The van der Waals surface area contributed by atoms with Crippen LogP contribution in [0.2, 0.25) is 0 Å². The highest BCUT2D eigenvalue weighted by molar-refractivity contribution is 5.79. The van der Waals surface area contributed by atoms with E-state index in [1.165, 1.54) is 0 Å². The van der Waals surface area contributed by atoms with Crippen molar-refractivity contribution in [2.75, 3.05) is 66.8 Å². The molecule has 0 spiro atoms. The van der Waals surface area contributed by atoms with Crippen LogP contribution in [0.15, 0.2) is 12.1 Å². The predicted octanol–water partition coefficient (Wildman–Crippen LogP) is 2.11. The first-order chi connectivity index (χ1) is 19.3. The molecule has 1 aromatic rings. The SMILES string of the molecule is CCCCN(CCCN(C)C)C(=O)CN1C[C@H](c2cc(CO)c3c(c2)OCO3)[C@@H](C(=O)O)[C@@H]1CCC1OCCO1. The van der Waals surface area contributed by atoms with Crippen molar-refractivity contribution in [3.05, 3.63) is 23.3 Å². The largest absolute Gasteiger partial charge is 0.481 e. The summed E-state index contributed by atoms with van der Waals surface area (Å²) in [5, 5.41) is 20.4. The number of nitrogens with zero attached hydrogens (tertiary/aromatic N) is 3. The highest BCUT2D eigenvalue weighted by Crippen LogP contribution is 2.45. The summed E-state index contributed by atoms with van der Waals surface area (Å²) in [6, 6.07) is 3.26. The van der Waals surface area contributed by atoms with Crippen LogP contribution in [-0.4, -0.2) is 116 Å². The Morgan fingerprint density at radius 3 is 2.48 bits per heavy atom. The van der Waals surface area contributed by atoms with E-state index in [4.69, 9.17) is 18.9 Å². The van der Waals surface area contributed by atoms with E-state index in [1.54, 1.807) is 0 Å². The number of ether oxygens (including phenoxy) is 4. The monoisotopic (exact) mass is 563 g/mol. The summed E-state index contributed by atoms with van der Waals surface area (Å²) in [5.41, 5.74) is 1.34. The van der Waals surface area contributed by atoms with Crippen molar-refractivity contribution in [2.45, 2.75) is 63.9 Å². The lowest BCUT2D eigenvalue weighted by Gasteiger charge is -2.30. The fraction of sp³-hybridized carbons (Fsp3) is 0.724. The van der Waals surface area contributed by atoms with Gasteiger partial charge in [0.05, 0.1) is 32.3 Å². The maximum atomic E-state index is 13.7. The van der Waals surface area contributed by atoms with Crippen molar-refractivity contribution in [3.63, 3.8) is 0 Å². The van der Waals surface area contributed by atoms with Gasteiger partial charge in [0.2, 0.25) is 12.7 Å². The zero-order valence-electron chi connectivity index (χ0n) is 24.0. The van der Waals surface area contributed by atoms with Crippen LogP contribution >= 0.6 is 0 Å². The number of benzene rings is 1. The van der Waals surface area contributed by atoms with Crippen LogP contribution in [0.25, 0.3) is 0 Å². The molecule has 3 atom stereocenters. The first kappa shape index (κ1) is 30.5. The van der Waals surface area contributed by atoms with Gasteiger partial charge in [-0.15, -0.1) is 0 Å². The van der Waals surface area contributed by atoms with Gasteiger partial charge < -0.3 is 39.0 Å². The topological polar surface area (TPSA) is 121 Å². The molecule has 3 aliphatic rings. The van der Waals surface area contributed by atoms with E-state index in [2.05, 4.69) is 11.8 Å². The molecule has 4 rings (SSSR count). The molecule has 2 N–H and O–H groups in total. The predicted molar refractivity (Wildman–Crippen MR) is 147 cm³/mol. The van der Waals surface area contributed by atoms with Gasteiger partial charge in [-0.2, -0.15) is 0 Å². The molecule has 0 radical (unpaired) electrons. The molecule has 0 aliphatic carbocycles. The summed E-state index contributed by atoms with van der Waals surface area (Å²) in [5.74, 6) is -1.01. The van der Waals surface area contributed by atoms with Gasteiger partial charge >= 0.3 is 5.97 Å². The lowest BCUT2D eigenvalue weighted by atomic mass is 9.83. The lowest BCUT2D eigenvalue weighted by molar-refractivity contribution is -0.144. The minimum atomic E-state index is -0.907. The molecule has 11 nitrogen and oxygen atoms in total. The quantitative estimate of drug-likeness (QED) is 0.328. The molecule has 1 amide bonds. The van der Waals surface area contributed by atoms with Crippen LogP contribution in [0.5, 0.6) is 11.5 Å². The number of carboxylic acids is 1. The molecule has 40 heavy (non-hydrogen) atoms. The summed E-state index contributed by atoms with van der Waals surface area (Å²) >= 11 is 0. The number of rotatable bonds is 15. The second kappa shape index (κ2) is 14.5. The smallest absolute Gasteiger partial charge is 0.308 e. The normalized spacial score (nSPS) is 22.9. The second-order valence-electron chi connectivity index (χ2n) is 11.2. The van der Waals surface area contributed by atoms with E-state index in [-0.39, 0.29) is 38.2 Å². The van der Waals surface area contributed by atoms with Crippen molar-refractivity contribution in [1.82, 2.24) is 14.7 Å². The molecule has 3 aliphatic heterocycles. The number of aliphatic hydroxyl groups is 1. The first-order valence-electron chi connectivity index (χ1n) is 14.5. The Hall–Kier alpha value is -2.44. The number of carbonyl (C=O) groups excluding carboxylic acids is 1. The average molecular weight is 564 g/mol. The van der Waals surface area contributed by atoms with E-state index in [9.17, 15) is 19.8 Å². The molecule has 0 aromatic heterocycles. The molecule has 2 saturated heterocycles. The van der Waals surface area contributed by atoms with Gasteiger partial charge in [0, 0.05) is 37.2 Å². The third-order valence-electron chi connectivity index (χ3n) is 8.10. The fourth-order valence-electron chi connectivity index (χ4n) is 6.07. The highest BCUT2D eigenvalue weighted by Gasteiger charge is 2.47. The van der Waals surface area contributed by atoms with Crippen molar-refractivity contribution >= 4 is 11.9 Å². The third-order valence-corrected chi connectivity index (χ3v) is 8.10. The molecule has 0 bridgehead atoms. The van der Waals surface area contributed by atoms with Crippen molar-refractivity contribution in [1.29, 1.82) is 0 Å².